The number of nitrogens with two attached hydrogens (primary N) is 1. The van der Waals surface area contributed by atoms with Crippen molar-refractivity contribution in [2.75, 3.05) is 6.54 Å². The molecule has 0 saturated heterocycles. The predicted molar refractivity (Wildman–Crippen MR) is 49.4 cm³/mol. The van der Waals surface area contributed by atoms with E-state index in [1.54, 1.807) is 24.3 Å². The topological polar surface area (TPSA) is 64.7 Å². The molecule has 4 heteroatoms. The highest BCUT2D eigenvalue weighted by Gasteiger charge is 2.03. The van der Waals surface area contributed by atoms with Gasteiger partial charge in [-0.1, -0.05) is 23.4 Å². The first-order valence-electron chi connectivity index (χ1n) is 3.83. The lowest BCUT2D eigenvalue weighted by atomic mass is 10.2. The van der Waals surface area contributed by atoms with E-state index in [-0.39, 0.29) is 6.54 Å². The van der Waals surface area contributed by atoms with Crippen LogP contribution in [-0.4, -0.2) is 18.7 Å². The zero-order chi connectivity index (χ0) is 9.52. The lowest BCUT2D eigenvalue weighted by molar-refractivity contribution is 0.0518. The Kier molecular flexibility index (Phi) is 3.66. The molecule has 1 aromatic carbocycles. The van der Waals surface area contributed by atoms with Gasteiger partial charge in [-0.05, 0) is 12.1 Å². The van der Waals surface area contributed by atoms with E-state index in [2.05, 4.69) is 9.99 Å². The molecular weight excluding hydrogens is 168 g/mol. The lowest BCUT2D eigenvalue weighted by Crippen LogP contribution is -2.03. The van der Waals surface area contributed by atoms with E-state index in [1.807, 2.05) is 6.07 Å². The molecule has 4 nitrogen and oxygen atoms in total. The summed E-state index contributed by atoms with van der Waals surface area (Å²) in [5, 5.41) is 3.37. The molecule has 0 saturated carbocycles. The van der Waals surface area contributed by atoms with Crippen molar-refractivity contribution in [3.63, 3.8) is 0 Å². The van der Waals surface area contributed by atoms with E-state index in [4.69, 9.17) is 5.73 Å². The zero-order valence-electron chi connectivity index (χ0n) is 7.01. The normalized spacial score (nSPS) is 10.2. The summed E-state index contributed by atoms with van der Waals surface area (Å²) < 4.78 is 0. The fraction of sp³-hybridized carbons (Fsp3) is 0.111. The average Bonchev–Trinajstić information content (AvgIpc) is 2.19. The molecule has 0 aromatic heterocycles. The summed E-state index contributed by atoms with van der Waals surface area (Å²) in [5.41, 5.74) is 5.58. The van der Waals surface area contributed by atoms with E-state index in [9.17, 15) is 4.79 Å². The summed E-state index contributed by atoms with van der Waals surface area (Å²) in [6.07, 6.45) is 1.32. The largest absolute Gasteiger partial charge is 0.365 e. The Balaban J connectivity index is 2.54. The quantitative estimate of drug-likeness (QED) is 0.422. The first-order valence-corrected chi connectivity index (χ1v) is 3.83. The van der Waals surface area contributed by atoms with Crippen molar-refractivity contribution in [3.05, 3.63) is 35.9 Å². The maximum atomic E-state index is 11.1. The minimum atomic E-state index is -0.481. The number of benzene rings is 1. The van der Waals surface area contributed by atoms with Crippen molar-refractivity contribution in [3.8, 4) is 0 Å². The Morgan fingerprint density at radius 2 is 2.15 bits per heavy atom. The van der Waals surface area contributed by atoms with Gasteiger partial charge in [-0.2, -0.15) is 0 Å². The van der Waals surface area contributed by atoms with Crippen LogP contribution in [0.25, 0.3) is 0 Å². The summed E-state index contributed by atoms with van der Waals surface area (Å²) in [5.74, 6) is -0.481. The van der Waals surface area contributed by atoms with Gasteiger partial charge in [-0.15, -0.1) is 0 Å². The standard InChI is InChI=1S/C9H10N2O2/c10-6-7-11-13-9(12)8-4-2-1-3-5-8/h1-5,7H,6,10H2. The van der Waals surface area contributed by atoms with E-state index in [1.165, 1.54) is 6.21 Å². The van der Waals surface area contributed by atoms with Crippen molar-refractivity contribution < 1.29 is 9.63 Å². The van der Waals surface area contributed by atoms with Crippen molar-refractivity contribution in [2.24, 2.45) is 10.9 Å². The third-order valence-electron chi connectivity index (χ3n) is 1.33. The number of rotatable bonds is 3. The van der Waals surface area contributed by atoms with E-state index >= 15 is 0 Å². The van der Waals surface area contributed by atoms with Gasteiger partial charge < -0.3 is 10.6 Å². The molecule has 1 rings (SSSR count). The molecule has 13 heavy (non-hydrogen) atoms. The molecule has 0 spiro atoms. The van der Waals surface area contributed by atoms with Gasteiger partial charge in [0.25, 0.3) is 0 Å². The van der Waals surface area contributed by atoms with Crippen LogP contribution in [0.3, 0.4) is 0 Å². The Hall–Kier alpha value is -1.68. The van der Waals surface area contributed by atoms with Crippen LogP contribution in [0.2, 0.25) is 0 Å². The van der Waals surface area contributed by atoms with Crippen molar-refractivity contribution in [1.29, 1.82) is 0 Å². The van der Waals surface area contributed by atoms with Crippen molar-refractivity contribution >= 4 is 12.2 Å². The number of nitrogens with zero attached hydrogens (tertiary/aromatic N) is 1. The van der Waals surface area contributed by atoms with Crippen LogP contribution in [0.4, 0.5) is 0 Å². The van der Waals surface area contributed by atoms with Crippen LogP contribution in [0.15, 0.2) is 35.5 Å². The average molecular weight is 178 g/mol. The number of carbonyl (C=O) groups is 1. The van der Waals surface area contributed by atoms with Gasteiger partial charge in [0.2, 0.25) is 0 Å². The highest BCUT2D eigenvalue weighted by atomic mass is 16.7. The minimum Gasteiger partial charge on any atom is -0.326 e. The number of hydrogen-bond acceptors (Lipinski definition) is 4. The summed E-state index contributed by atoms with van der Waals surface area (Å²) in [6, 6.07) is 8.63. The molecule has 68 valence electrons. The van der Waals surface area contributed by atoms with Crippen LogP contribution < -0.4 is 5.73 Å². The molecule has 1 aromatic rings. The maximum absolute atomic E-state index is 11.1. The molecule has 0 amide bonds. The van der Waals surface area contributed by atoms with Crippen molar-refractivity contribution in [1.82, 2.24) is 0 Å². The van der Waals surface area contributed by atoms with Crippen LogP contribution in [0, 0.1) is 0 Å². The smallest absolute Gasteiger partial charge is 0.326 e. The monoisotopic (exact) mass is 178 g/mol. The number of oxime groups is 1. The van der Waals surface area contributed by atoms with E-state index < -0.39 is 5.97 Å². The molecular formula is C9H10N2O2. The Morgan fingerprint density at radius 1 is 1.46 bits per heavy atom. The number of carbonyl (C=O) groups excluding carboxylic acids is 1. The van der Waals surface area contributed by atoms with E-state index in [0.29, 0.717) is 5.56 Å². The Bertz CT molecular complexity index is 296. The molecule has 0 bridgehead atoms. The Morgan fingerprint density at radius 3 is 2.77 bits per heavy atom. The summed E-state index contributed by atoms with van der Waals surface area (Å²) in [6.45, 7) is 0.252. The molecule has 0 aliphatic heterocycles. The van der Waals surface area contributed by atoms with Crippen LogP contribution in [0.5, 0.6) is 0 Å². The lowest BCUT2D eigenvalue weighted by Gasteiger charge is -1.95. The summed E-state index contributed by atoms with van der Waals surface area (Å²) >= 11 is 0. The summed E-state index contributed by atoms with van der Waals surface area (Å²) in [7, 11) is 0. The molecule has 0 unspecified atom stereocenters. The van der Waals surface area contributed by atoms with Gasteiger partial charge in [0.15, 0.2) is 0 Å². The highest BCUT2D eigenvalue weighted by Crippen LogP contribution is 2.00. The Labute approximate surface area is 76.0 Å². The van der Waals surface area contributed by atoms with Gasteiger partial charge in [0.1, 0.15) is 0 Å². The first kappa shape index (κ1) is 9.41. The molecule has 0 atom stereocenters. The van der Waals surface area contributed by atoms with Crippen LogP contribution >= 0.6 is 0 Å². The first-order chi connectivity index (χ1) is 6.34. The molecule has 0 aliphatic carbocycles. The van der Waals surface area contributed by atoms with Crippen LogP contribution in [-0.2, 0) is 4.84 Å². The second-order valence-corrected chi connectivity index (χ2v) is 2.27. The highest BCUT2D eigenvalue weighted by molar-refractivity contribution is 5.89. The third kappa shape index (κ3) is 3.04. The molecule has 0 aliphatic rings. The fourth-order valence-corrected chi connectivity index (χ4v) is 0.755. The molecule has 0 heterocycles. The maximum Gasteiger partial charge on any atom is 0.365 e. The molecule has 0 radical (unpaired) electrons. The third-order valence-corrected chi connectivity index (χ3v) is 1.33. The summed E-state index contributed by atoms with van der Waals surface area (Å²) in [4.78, 5) is 15.7. The van der Waals surface area contributed by atoms with Gasteiger partial charge in [-0.3, -0.25) is 0 Å². The van der Waals surface area contributed by atoms with Gasteiger partial charge in [0.05, 0.1) is 11.8 Å². The predicted octanol–water partition coefficient (Wildman–Crippen LogP) is 0.788. The van der Waals surface area contributed by atoms with Crippen molar-refractivity contribution in [2.45, 2.75) is 0 Å². The molecule has 0 fully saturated rings. The zero-order valence-corrected chi connectivity index (χ0v) is 7.01. The van der Waals surface area contributed by atoms with Gasteiger partial charge in [-0.25, -0.2) is 4.79 Å². The fourth-order valence-electron chi connectivity index (χ4n) is 0.755. The molecule has 2 N–H and O–H groups in total. The van der Waals surface area contributed by atoms with Gasteiger partial charge >= 0.3 is 5.97 Å². The SMILES string of the molecule is NCC=NOC(=O)c1ccccc1. The second kappa shape index (κ2) is 5.05. The number of hydrogen-bond donors (Lipinski definition) is 1. The van der Waals surface area contributed by atoms with E-state index in [0.717, 1.165) is 0 Å². The van der Waals surface area contributed by atoms with Crippen LogP contribution in [0.1, 0.15) is 10.4 Å². The van der Waals surface area contributed by atoms with Gasteiger partial charge in [0, 0.05) is 6.54 Å². The second-order valence-electron chi connectivity index (χ2n) is 2.27. The minimum absolute atomic E-state index is 0.252.